The molecule has 0 aliphatic rings. The van der Waals surface area contributed by atoms with Crippen LogP contribution < -0.4 is 10.3 Å². The predicted octanol–water partition coefficient (Wildman–Crippen LogP) is 2.88. The van der Waals surface area contributed by atoms with E-state index in [1.54, 1.807) is 0 Å². The second-order valence-electron chi connectivity index (χ2n) is 4.37. The topological polar surface area (TPSA) is 55.0 Å². The third-order valence-corrected chi connectivity index (χ3v) is 3.21. The second kappa shape index (κ2) is 4.97. The first kappa shape index (κ1) is 13.2. The van der Waals surface area contributed by atoms with E-state index in [1.807, 2.05) is 0 Å². The molecular weight excluding hydrogens is 278 g/mol. The summed E-state index contributed by atoms with van der Waals surface area (Å²) in [5.74, 6) is -1.17. The third-order valence-electron chi connectivity index (χ3n) is 3.21. The number of hydrogen-bond donors (Lipinski definition) is 1. The molecule has 0 unspecified atom stereocenters. The number of aromatic amines is 1. The molecule has 0 spiro atoms. The zero-order valence-corrected chi connectivity index (χ0v) is 11.0. The minimum absolute atomic E-state index is 0.00137. The van der Waals surface area contributed by atoms with Crippen molar-refractivity contribution >= 4 is 10.9 Å². The van der Waals surface area contributed by atoms with Crippen molar-refractivity contribution < 1.29 is 13.5 Å². The Morgan fingerprint density at radius 3 is 2.76 bits per heavy atom. The number of fused-ring (bicyclic) bond motifs is 1. The Labute approximate surface area is 118 Å². The fourth-order valence-corrected chi connectivity index (χ4v) is 2.24. The number of nitrogens with zero attached hydrogens (tertiary/aromatic N) is 1. The van der Waals surface area contributed by atoms with Gasteiger partial charge in [-0.15, -0.1) is 0 Å². The first-order valence-electron chi connectivity index (χ1n) is 6.12. The van der Waals surface area contributed by atoms with Crippen LogP contribution in [0.2, 0.25) is 0 Å². The molecule has 6 heteroatoms. The van der Waals surface area contributed by atoms with E-state index < -0.39 is 17.2 Å². The van der Waals surface area contributed by atoms with E-state index in [0.29, 0.717) is 0 Å². The van der Waals surface area contributed by atoms with Crippen molar-refractivity contribution in [1.82, 2.24) is 9.97 Å². The highest BCUT2D eigenvalue weighted by Crippen LogP contribution is 2.35. The Balaban J connectivity index is 2.37. The molecule has 0 saturated carbocycles. The average Bonchev–Trinajstić information content (AvgIpc) is 2.49. The Morgan fingerprint density at radius 2 is 2.00 bits per heavy atom. The molecular formula is C15H10F2N2O2. The SMILES string of the molecule is COc1cccc(F)c1-c1ccc2c(=O)[nH]cnc2c1F. The van der Waals surface area contributed by atoms with Crippen LogP contribution in [-0.4, -0.2) is 17.1 Å². The number of aromatic nitrogens is 2. The predicted molar refractivity (Wildman–Crippen MR) is 74.3 cm³/mol. The van der Waals surface area contributed by atoms with Crippen molar-refractivity contribution in [2.75, 3.05) is 7.11 Å². The van der Waals surface area contributed by atoms with Crippen LogP contribution in [0.15, 0.2) is 41.5 Å². The molecule has 3 rings (SSSR count). The highest BCUT2D eigenvalue weighted by atomic mass is 19.1. The van der Waals surface area contributed by atoms with Crippen LogP contribution in [0.25, 0.3) is 22.0 Å². The van der Waals surface area contributed by atoms with Crippen molar-refractivity contribution in [3.05, 3.63) is 58.6 Å². The van der Waals surface area contributed by atoms with Gasteiger partial charge < -0.3 is 9.72 Å². The van der Waals surface area contributed by atoms with Crippen molar-refractivity contribution in [3.8, 4) is 16.9 Å². The maximum atomic E-state index is 14.6. The molecule has 0 amide bonds. The molecule has 1 heterocycles. The Kier molecular flexibility index (Phi) is 3.13. The molecule has 0 aliphatic carbocycles. The van der Waals surface area contributed by atoms with Gasteiger partial charge in [0.05, 0.1) is 24.4 Å². The van der Waals surface area contributed by atoms with Crippen LogP contribution in [0, 0.1) is 11.6 Å². The molecule has 0 aliphatic heterocycles. The van der Waals surface area contributed by atoms with Crippen molar-refractivity contribution in [2.24, 2.45) is 0 Å². The first-order valence-corrected chi connectivity index (χ1v) is 6.12. The lowest BCUT2D eigenvalue weighted by Crippen LogP contribution is -2.07. The lowest BCUT2D eigenvalue weighted by atomic mass is 10.0. The summed E-state index contributed by atoms with van der Waals surface area (Å²) in [7, 11) is 1.38. The summed E-state index contributed by atoms with van der Waals surface area (Å²) in [6.07, 6.45) is 1.11. The zero-order chi connectivity index (χ0) is 15.0. The van der Waals surface area contributed by atoms with Gasteiger partial charge in [0.25, 0.3) is 5.56 Å². The quantitative estimate of drug-likeness (QED) is 0.789. The lowest BCUT2D eigenvalue weighted by Gasteiger charge is -2.11. The maximum absolute atomic E-state index is 14.6. The standard InChI is InChI=1S/C15H10F2N2O2/c1-21-11-4-2-3-10(16)12(11)8-5-6-9-14(13(8)17)18-7-19-15(9)20/h2-7H,1H3,(H,18,19,20). The fourth-order valence-electron chi connectivity index (χ4n) is 2.24. The number of hydrogen-bond acceptors (Lipinski definition) is 3. The summed E-state index contributed by atoms with van der Waals surface area (Å²) in [4.78, 5) is 17.8. The Morgan fingerprint density at radius 1 is 1.19 bits per heavy atom. The van der Waals surface area contributed by atoms with Crippen molar-refractivity contribution in [3.63, 3.8) is 0 Å². The van der Waals surface area contributed by atoms with Crippen molar-refractivity contribution in [1.29, 1.82) is 0 Å². The maximum Gasteiger partial charge on any atom is 0.258 e. The molecule has 0 saturated heterocycles. The van der Waals surface area contributed by atoms with E-state index in [0.717, 1.165) is 6.33 Å². The molecule has 4 nitrogen and oxygen atoms in total. The number of H-pyrrole nitrogens is 1. The molecule has 1 aromatic heterocycles. The molecule has 21 heavy (non-hydrogen) atoms. The van der Waals surface area contributed by atoms with Gasteiger partial charge in [-0.2, -0.15) is 0 Å². The smallest absolute Gasteiger partial charge is 0.258 e. The van der Waals surface area contributed by atoms with Gasteiger partial charge in [0, 0.05) is 5.56 Å². The van der Waals surface area contributed by atoms with Crippen LogP contribution in [0.5, 0.6) is 5.75 Å². The minimum Gasteiger partial charge on any atom is -0.496 e. The molecule has 0 atom stereocenters. The summed E-state index contributed by atoms with van der Waals surface area (Å²) in [5.41, 5.74) is -0.565. The summed E-state index contributed by atoms with van der Waals surface area (Å²) in [5, 5.41) is 0.106. The van der Waals surface area contributed by atoms with E-state index in [2.05, 4.69) is 9.97 Å². The van der Waals surface area contributed by atoms with Gasteiger partial charge in [-0.05, 0) is 18.2 Å². The number of benzene rings is 2. The fraction of sp³-hybridized carbons (Fsp3) is 0.0667. The van der Waals surface area contributed by atoms with Crippen LogP contribution in [-0.2, 0) is 0 Å². The van der Waals surface area contributed by atoms with Crippen molar-refractivity contribution in [2.45, 2.75) is 0 Å². The third kappa shape index (κ3) is 2.05. The minimum atomic E-state index is -0.762. The zero-order valence-electron chi connectivity index (χ0n) is 11.0. The van der Waals surface area contributed by atoms with E-state index in [4.69, 9.17) is 4.74 Å². The summed E-state index contributed by atoms with van der Waals surface area (Å²) in [6, 6.07) is 6.97. The van der Waals surface area contributed by atoms with Gasteiger partial charge >= 0.3 is 0 Å². The summed E-state index contributed by atoms with van der Waals surface area (Å²) in [6.45, 7) is 0. The first-order chi connectivity index (χ1) is 10.1. The molecule has 0 bridgehead atoms. The van der Waals surface area contributed by atoms with Gasteiger partial charge in [0.2, 0.25) is 0 Å². The Bertz CT molecular complexity index is 890. The molecule has 3 aromatic rings. The van der Waals surface area contributed by atoms with Gasteiger partial charge in [0.1, 0.15) is 17.1 Å². The number of nitrogens with one attached hydrogen (secondary N) is 1. The van der Waals surface area contributed by atoms with Crippen LogP contribution in [0.3, 0.4) is 0 Å². The molecule has 2 aromatic carbocycles. The highest BCUT2D eigenvalue weighted by molar-refractivity contribution is 5.85. The number of ether oxygens (including phenoxy) is 1. The number of methoxy groups -OCH3 is 1. The van der Waals surface area contributed by atoms with Crippen LogP contribution in [0.4, 0.5) is 8.78 Å². The second-order valence-corrected chi connectivity index (χ2v) is 4.37. The van der Waals surface area contributed by atoms with E-state index >= 15 is 0 Å². The largest absolute Gasteiger partial charge is 0.496 e. The summed E-state index contributed by atoms with van der Waals surface area (Å²) < 4.78 is 33.7. The number of rotatable bonds is 2. The molecule has 106 valence electrons. The average molecular weight is 288 g/mol. The van der Waals surface area contributed by atoms with E-state index in [9.17, 15) is 13.6 Å². The van der Waals surface area contributed by atoms with Gasteiger partial charge in [0.15, 0.2) is 5.82 Å². The van der Waals surface area contributed by atoms with Crippen LogP contribution in [0.1, 0.15) is 0 Å². The van der Waals surface area contributed by atoms with Crippen LogP contribution >= 0.6 is 0 Å². The normalized spacial score (nSPS) is 10.8. The molecule has 0 fully saturated rings. The Hall–Kier alpha value is -2.76. The van der Waals surface area contributed by atoms with Gasteiger partial charge in [-0.3, -0.25) is 4.79 Å². The van der Waals surface area contributed by atoms with E-state index in [-0.39, 0.29) is 27.8 Å². The van der Waals surface area contributed by atoms with Gasteiger partial charge in [-0.1, -0.05) is 12.1 Å². The summed E-state index contributed by atoms with van der Waals surface area (Å²) >= 11 is 0. The highest BCUT2D eigenvalue weighted by Gasteiger charge is 2.18. The monoisotopic (exact) mass is 288 g/mol. The number of halogens is 2. The molecule has 1 N–H and O–H groups in total. The van der Waals surface area contributed by atoms with E-state index in [1.165, 1.54) is 37.4 Å². The lowest BCUT2D eigenvalue weighted by molar-refractivity contribution is 0.413. The van der Waals surface area contributed by atoms with Gasteiger partial charge in [-0.25, -0.2) is 13.8 Å². The molecule has 0 radical (unpaired) electrons.